The maximum atomic E-state index is 11.2. The van der Waals surface area contributed by atoms with Gasteiger partial charge in [0.1, 0.15) is 5.78 Å². The van der Waals surface area contributed by atoms with Gasteiger partial charge in [-0.25, -0.2) is 0 Å². The Bertz CT molecular complexity index is 285. The molecule has 1 atom stereocenters. The Balaban J connectivity index is 4.14. The van der Waals surface area contributed by atoms with Crippen molar-refractivity contribution in [1.29, 1.82) is 0 Å². The average Bonchev–Trinajstić information content (AvgIpc) is 2.31. The van der Waals surface area contributed by atoms with Gasteiger partial charge in [-0.15, -0.1) is 0 Å². The Hall–Kier alpha value is -0.690. The van der Waals surface area contributed by atoms with Crippen LogP contribution in [0.4, 0.5) is 0 Å². The summed E-state index contributed by atoms with van der Waals surface area (Å²) in [6, 6.07) is -0.248. The van der Waals surface area contributed by atoms with Gasteiger partial charge < -0.3 is 15.4 Å². The van der Waals surface area contributed by atoms with Crippen LogP contribution in [0.15, 0.2) is 0 Å². The number of ketones is 1. The van der Waals surface area contributed by atoms with Crippen LogP contribution in [-0.4, -0.2) is 41.7 Å². The SMILES string of the molecule is CC(=O)CCC(CNC(=O)CS)NC(=O)CS. The van der Waals surface area contributed by atoms with Crippen LogP contribution in [0.25, 0.3) is 0 Å². The standard InChI is InChI=1S/C10H18N2O3S2/c1-7(13)2-3-8(12-10(15)6-17)4-11-9(14)5-16/h8,16-17H,2-6H2,1H3,(H,11,14)(H,12,15). The molecule has 0 aromatic carbocycles. The van der Waals surface area contributed by atoms with Crippen molar-refractivity contribution in [3.8, 4) is 0 Å². The van der Waals surface area contributed by atoms with E-state index in [0.29, 0.717) is 19.4 Å². The normalized spacial score (nSPS) is 11.7. The van der Waals surface area contributed by atoms with Crippen LogP contribution in [0.3, 0.4) is 0 Å². The summed E-state index contributed by atoms with van der Waals surface area (Å²) in [4.78, 5) is 33.1. The van der Waals surface area contributed by atoms with Crippen LogP contribution >= 0.6 is 25.3 Å². The van der Waals surface area contributed by atoms with Gasteiger partial charge in [0.25, 0.3) is 0 Å². The minimum Gasteiger partial charge on any atom is -0.353 e. The average molecular weight is 278 g/mol. The third-order valence-corrected chi connectivity index (χ3v) is 2.62. The third-order valence-electron chi connectivity index (χ3n) is 2.04. The first-order valence-electron chi connectivity index (χ1n) is 5.26. The molecule has 0 aliphatic carbocycles. The van der Waals surface area contributed by atoms with Gasteiger partial charge in [0.15, 0.2) is 0 Å². The maximum Gasteiger partial charge on any atom is 0.230 e. The molecular formula is C10H18N2O3S2. The molecule has 1 unspecified atom stereocenters. The smallest absolute Gasteiger partial charge is 0.230 e. The van der Waals surface area contributed by atoms with Crippen LogP contribution in [-0.2, 0) is 14.4 Å². The van der Waals surface area contributed by atoms with E-state index in [2.05, 4.69) is 35.9 Å². The van der Waals surface area contributed by atoms with E-state index in [9.17, 15) is 14.4 Å². The molecule has 2 amide bonds. The Morgan fingerprint density at radius 2 is 1.71 bits per heavy atom. The first kappa shape index (κ1) is 16.3. The highest BCUT2D eigenvalue weighted by atomic mass is 32.1. The molecule has 0 fully saturated rings. The molecule has 5 nitrogen and oxygen atoms in total. The van der Waals surface area contributed by atoms with Gasteiger partial charge in [-0.2, -0.15) is 25.3 Å². The predicted molar refractivity (Wildman–Crippen MR) is 72.6 cm³/mol. The lowest BCUT2D eigenvalue weighted by Crippen LogP contribution is -2.44. The largest absolute Gasteiger partial charge is 0.353 e. The van der Waals surface area contributed by atoms with E-state index in [4.69, 9.17) is 0 Å². The van der Waals surface area contributed by atoms with Gasteiger partial charge in [-0.05, 0) is 13.3 Å². The molecule has 0 saturated heterocycles. The number of carbonyl (C=O) groups is 3. The van der Waals surface area contributed by atoms with E-state index in [1.165, 1.54) is 6.92 Å². The van der Waals surface area contributed by atoms with Crippen molar-refractivity contribution in [2.24, 2.45) is 0 Å². The van der Waals surface area contributed by atoms with Crippen LogP contribution in [0, 0.1) is 0 Å². The van der Waals surface area contributed by atoms with Crippen molar-refractivity contribution in [2.75, 3.05) is 18.1 Å². The summed E-state index contributed by atoms with van der Waals surface area (Å²) in [5.41, 5.74) is 0. The zero-order valence-corrected chi connectivity index (χ0v) is 11.5. The number of hydrogen-bond acceptors (Lipinski definition) is 5. The lowest BCUT2D eigenvalue weighted by atomic mass is 10.1. The molecule has 17 heavy (non-hydrogen) atoms. The molecule has 0 radical (unpaired) electrons. The summed E-state index contributed by atoms with van der Waals surface area (Å²) < 4.78 is 0. The molecule has 0 rings (SSSR count). The summed E-state index contributed by atoms with van der Waals surface area (Å²) >= 11 is 7.67. The Morgan fingerprint density at radius 3 is 2.18 bits per heavy atom. The van der Waals surface area contributed by atoms with Crippen LogP contribution < -0.4 is 10.6 Å². The zero-order chi connectivity index (χ0) is 13.3. The van der Waals surface area contributed by atoms with E-state index in [-0.39, 0.29) is 35.1 Å². The second-order valence-corrected chi connectivity index (χ2v) is 4.26. The zero-order valence-electron chi connectivity index (χ0n) is 9.73. The fraction of sp³-hybridized carbons (Fsp3) is 0.700. The quantitative estimate of drug-likeness (QED) is 0.465. The molecule has 0 aromatic rings. The number of amides is 2. The molecule has 0 bridgehead atoms. The highest BCUT2D eigenvalue weighted by molar-refractivity contribution is 7.81. The van der Waals surface area contributed by atoms with Gasteiger partial charge in [-0.3, -0.25) is 9.59 Å². The number of nitrogens with one attached hydrogen (secondary N) is 2. The van der Waals surface area contributed by atoms with Gasteiger partial charge >= 0.3 is 0 Å². The summed E-state index contributed by atoms with van der Waals surface area (Å²) in [5.74, 6) is -0.198. The first-order valence-corrected chi connectivity index (χ1v) is 6.53. The van der Waals surface area contributed by atoms with Gasteiger partial charge in [0.2, 0.25) is 11.8 Å². The summed E-state index contributed by atoms with van der Waals surface area (Å²) in [6.07, 6.45) is 0.871. The van der Waals surface area contributed by atoms with Gasteiger partial charge in [0.05, 0.1) is 11.5 Å². The second kappa shape index (κ2) is 9.35. The van der Waals surface area contributed by atoms with Crippen LogP contribution in [0.2, 0.25) is 0 Å². The van der Waals surface area contributed by atoms with Crippen molar-refractivity contribution in [3.63, 3.8) is 0 Å². The number of Topliss-reactive ketones (excluding diaryl/α,β-unsaturated/α-hetero) is 1. The summed E-state index contributed by atoms with van der Waals surface area (Å²) in [6.45, 7) is 1.79. The topological polar surface area (TPSA) is 75.3 Å². The van der Waals surface area contributed by atoms with E-state index in [0.717, 1.165) is 0 Å². The molecule has 2 N–H and O–H groups in total. The first-order chi connectivity index (χ1) is 7.99. The van der Waals surface area contributed by atoms with E-state index >= 15 is 0 Å². The minimum absolute atomic E-state index is 0.0515. The maximum absolute atomic E-state index is 11.2. The highest BCUT2D eigenvalue weighted by Crippen LogP contribution is 1.98. The number of thiol groups is 2. The molecule has 0 aliphatic heterocycles. The number of carbonyl (C=O) groups excluding carboxylic acids is 3. The lowest BCUT2D eigenvalue weighted by Gasteiger charge is -2.18. The molecule has 0 aliphatic rings. The molecule has 0 aromatic heterocycles. The van der Waals surface area contributed by atoms with Crippen molar-refractivity contribution < 1.29 is 14.4 Å². The van der Waals surface area contributed by atoms with E-state index in [1.807, 2.05) is 0 Å². The van der Waals surface area contributed by atoms with Crippen LogP contribution in [0.5, 0.6) is 0 Å². The predicted octanol–water partition coefficient (Wildman–Crippen LogP) is -0.184. The minimum atomic E-state index is -0.248. The van der Waals surface area contributed by atoms with Crippen molar-refractivity contribution in [3.05, 3.63) is 0 Å². The van der Waals surface area contributed by atoms with E-state index < -0.39 is 0 Å². The molecule has 7 heteroatoms. The summed E-state index contributed by atoms with van der Waals surface area (Å²) in [5, 5.41) is 5.31. The molecule has 0 heterocycles. The monoisotopic (exact) mass is 278 g/mol. The van der Waals surface area contributed by atoms with E-state index in [1.54, 1.807) is 0 Å². The van der Waals surface area contributed by atoms with Crippen molar-refractivity contribution in [1.82, 2.24) is 10.6 Å². The Labute approximate surface area is 112 Å². The van der Waals surface area contributed by atoms with Crippen molar-refractivity contribution in [2.45, 2.75) is 25.8 Å². The fourth-order valence-electron chi connectivity index (χ4n) is 1.17. The highest BCUT2D eigenvalue weighted by Gasteiger charge is 2.13. The van der Waals surface area contributed by atoms with Crippen molar-refractivity contribution >= 4 is 42.9 Å². The summed E-state index contributed by atoms with van der Waals surface area (Å²) in [7, 11) is 0. The van der Waals surface area contributed by atoms with Gasteiger partial charge in [0, 0.05) is 19.0 Å². The molecule has 0 spiro atoms. The Kier molecular flexibility index (Phi) is 8.97. The number of hydrogen-bond donors (Lipinski definition) is 4. The lowest BCUT2D eigenvalue weighted by molar-refractivity contribution is -0.121. The number of rotatable bonds is 8. The fourth-order valence-corrected chi connectivity index (χ4v) is 1.37. The molecule has 98 valence electrons. The second-order valence-electron chi connectivity index (χ2n) is 3.63. The van der Waals surface area contributed by atoms with Gasteiger partial charge in [-0.1, -0.05) is 0 Å². The molecule has 0 saturated carbocycles. The Morgan fingerprint density at radius 1 is 1.12 bits per heavy atom. The molecular weight excluding hydrogens is 260 g/mol. The van der Waals surface area contributed by atoms with Crippen LogP contribution in [0.1, 0.15) is 19.8 Å². The third kappa shape index (κ3) is 9.05.